The van der Waals surface area contributed by atoms with Gasteiger partial charge < -0.3 is 10.0 Å². The lowest BCUT2D eigenvalue weighted by Gasteiger charge is -2.30. The van der Waals surface area contributed by atoms with Crippen LogP contribution in [0, 0.1) is 5.82 Å². The van der Waals surface area contributed by atoms with E-state index in [1.54, 1.807) is 16.8 Å². The molecule has 5 nitrogen and oxygen atoms in total. The van der Waals surface area contributed by atoms with Crippen LogP contribution in [0.25, 0.3) is 16.9 Å². The Bertz CT molecular complexity index is 977. The van der Waals surface area contributed by atoms with Crippen LogP contribution in [0.15, 0.2) is 36.8 Å². The molecule has 0 bridgehead atoms. The number of piperidine rings is 1. The third kappa shape index (κ3) is 3.23. The van der Waals surface area contributed by atoms with Gasteiger partial charge in [-0.2, -0.15) is 13.2 Å². The summed E-state index contributed by atoms with van der Waals surface area (Å²) < 4.78 is 54.3. The molecule has 2 aromatic heterocycles. The molecule has 3 aromatic rings. The van der Waals surface area contributed by atoms with Gasteiger partial charge in [-0.05, 0) is 31.0 Å². The Kier molecular flexibility index (Phi) is 4.26. The third-order valence-electron chi connectivity index (χ3n) is 4.74. The summed E-state index contributed by atoms with van der Waals surface area (Å²) in [6, 6.07) is 2.90. The largest absolute Gasteiger partial charge is 0.419 e. The van der Waals surface area contributed by atoms with Gasteiger partial charge in [0, 0.05) is 31.0 Å². The molecule has 27 heavy (non-hydrogen) atoms. The van der Waals surface area contributed by atoms with Crippen LogP contribution in [0.3, 0.4) is 0 Å². The Morgan fingerprint density at radius 3 is 2.56 bits per heavy atom. The number of anilines is 1. The predicted molar refractivity (Wildman–Crippen MR) is 90.8 cm³/mol. The SMILES string of the molecule is OC1CCN(c2nccn3c(-c4ccc(F)c(C(F)(F)F)c4)cnc23)CC1. The second kappa shape index (κ2) is 6.49. The number of benzene rings is 1. The van der Waals surface area contributed by atoms with Gasteiger partial charge in [-0.25, -0.2) is 14.4 Å². The number of aromatic nitrogens is 3. The van der Waals surface area contributed by atoms with Crippen molar-refractivity contribution in [3.63, 3.8) is 0 Å². The number of hydrogen-bond donors (Lipinski definition) is 1. The number of hydrogen-bond acceptors (Lipinski definition) is 4. The first-order valence-electron chi connectivity index (χ1n) is 8.47. The molecule has 1 aromatic carbocycles. The Labute approximate surface area is 151 Å². The maximum absolute atomic E-state index is 13.6. The molecule has 0 radical (unpaired) electrons. The molecule has 1 fully saturated rings. The number of fused-ring (bicyclic) bond motifs is 1. The van der Waals surface area contributed by atoms with E-state index >= 15 is 0 Å². The van der Waals surface area contributed by atoms with E-state index in [0.29, 0.717) is 43.1 Å². The van der Waals surface area contributed by atoms with Crippen LogP contribution >= 0.6 is 0 Å². The summed E-state index contributed by atoms with van der Waals surface area (Å²) in [6.45, 7) is 1.23. The molecular formula is C18H16F4N4O. The summed E-state index contributed by atoms with van der Waals surface area (Å²) in [5, 5.41) is 9.66. The molecule has 1 saturated heterocycles. The van der Waals surface area contributed by atoms with Gasteiger partial charge in [0.15, 0.2) is 11.5 Å². The minimum atomic E-state index is -4.78. The average molecular weight is 380 g/mol. The number of nitrogens with zero attached hydrogens (tertiary/aromatic N) is 4. The lowest BCUT2D eigenvalue weighted by molar-refractivity contribution is -0.139. The van der Waals surface area contributed by atoms with E-state index in [0.717, 1.165) is 12.1 Å². The minimum absolute atomic E-state index is 0.211. The molecule has 3 heterocycles. The van der Waals surface area contributed by atoms with Crippen molar-refractivity contribution in [3.05, 3.63) is 48.2 Å². The number of aliphatic hydroxyl groups is 1. The summed E-state index contributed by atoms with van der Waals surface area (Å²) in [6.07, 6.45) is 0.723. The summed E-state index contributed by atoms with van der Waals surface area (Å²) in [7, 11) is 0. The average Bonchev–Trinajstić information content (AvgIpc) is 3.06. The van der Waals surface area contributed by atoms with Crippen LogP contribution in [0.4, 0.5) is 23.4 Å². The van der Waals surface area contributed by atoms with Gasteiger partial charge in [-0.3, -0.25) is 4.40 Å². The topological polar surface area (TPSA) is 53.7 Å². The molecule has 0 amide bonds. The van der Waals surface area contributed by atoms with Gasteiger partial charge in [-0.15, -0.1) is 0 Å². The van der Waals surface area contributed by atoms with E-state index < -0.39 is 17.6 Å². The first-order valence-corrected chi connectivity index (χ1v) is 8.47. The number of imidazole rings is 1. The van der Waals surface area contributed by atoms with Crippen LogP contribution in [0.2, 0.25) is 0 Å². The van der Waals surface area contributed by atoms with Gasteiger partial charge in [0.25, 0.3) is 0 Å². The fourth-order valence-corrected chi connectivity index (χ4v) is 3.32. The van der Waals surface area contributed by atoms with Crippen molar-refractivity contribution in [1.82, 2.24) is 14.4 Å². The van der Waals surface area contributed by atoms with Crippen LogP contribution in [-0.2, 0) is 6.18 Å². The first kappa shape index (κ1) is 17.7. The Balaban J connectivity index is 1.78. The quantitative estimate of drug-likeness (QED) is 0.692. The highest BCUT2D eigenvalue weighted by Gasteiger charge is 2.34. The van der Waals surface area contributed by atoms with Crippen molar-refractivity contribution in [3.8, 4) is 11.3 Å². The number of rotatable bonds is 2. The van der Waals surface area contributed by atoms with Crippen molar-refractivity contribution < 1.29 is 22.7 Å². The predicted octanol–water partition coefficient (Wildman–Crippen LogP) is 3.52. The number of aliphatic hydroxyl groups excluding tert-OH is 1. The van der Waals surface area contributed by atoms with Crippen molar-refractivity contribution in [2.24, 2.45) is 0 Å². The molecule has 1 aliphatic rings. The van der Waals surface area contributed by atoms with Gasteiger partial charge in [0.1, 0.15) is 5.82 Å². The van der Waals surface area contributed by atoms with E-state index in [2.05, 4.69) is 9.97 Å². The Hall–Kier alpha value is -2.68. The lowest BCUT2D eigenvalue weighted by Crippen LogP contribution is -2.36. The lowest BCUT2D eigenvalue weighted by atomic mass is 10.1. The number of halogens is 4. The fourth-order valence-electron chi connectivity index (χ4n) is 3.32. The highest BCUT2D eigenvalue weighted by atomic mass is 19.4. The van der Waals surface area contributed by atoms with Crippen molar-refractivity contribution in [2.45, 2.75) is 25.1 Å². The monoisotopic (exact) mass is 380 g/mol. The summed E-state index contributed by atoms with van der Waals surface area (Å²) in [5.41, 5.74) is -0.186. The zero-order chi connectivity index (χ0) is 19.2. The van der Waals surface area contributed by atoms with Gasteiger partial charge >= 0.3 is 6.18 Å². The van der Waals surface area contributed by atoms with E-state index in [1.807, 2.05) is 4.90 Å². The van der Waals surface area contributed by atoms with E-state index in [-0.39, 0.29) is 11.7 Å². The fraction of sp³-hybridized carbons (Fsp3) is 0.333. The summed E-state index contributed by atoms with van der Waals surface area (Å²) in [5.74, 6) is -0.705. The molecule has 0 saturated carbocycles. The highest BCUT2D eigenvalue weighted by Crippen LogP contribution is 2.35. The number of alkyl halides is 3. The second-order valence-electron chi connectivity index (χ2n) is 6.50. The van der Waals surface area contributed by atoms with Crippen LogP contribution in [0.1, 0.15) is 18.4 Å². The van der Waals surface area contributed by atoms with E-state index in [9.17, 15) is 22.7 Å². The maximum Gasteiger partial charge on any atom is 0.419 e. The van der Waals surface area contributed by atoms with E-state index in [4.69, 9.17) is 0 Å². The zero-order valence-electron chi connectivity index (χ0n) is 14.1. The molecule has 142 valence electrons. The third-order valence-corrected chi connectivity index (χ3v) is 4.74. The van der Waals surface area contributed by atoms with Gasteiger partial charge in [0.05, 0.1) is 23.6 Å². The van der Waals surface area contributed by atoms with Gasteiger partial charge in [-0.1, -0.05) is 0 Å². The zero-order valence-corrected chi connectivity index (χ0v) is 14.1. The van der Waals surface area contributed by atoms with Crippen molar-refractivity contribution >= 4 is 11.5 Å². The van der Waals surface area contributed by atoms with Crippen molar-refractivity contribution in [1.29, 1.82) is 0 Å². The molecule has 0 atom stereocenters. The molecule has 0 aliphatic carbocycles. The molecule has 4 rings (SSSR count). The first-order chi connectivity index (χ1) is 12.8. The van der Waals surface area contributed by atoms with Crippen LogP contribution in [0.5, 0.6) is 0 Å². The molecule has 1 aliphatic heterocycles. The molecular weight excluding hydrogens is 364 g/mol. The molecule has 1 N–H and O–H groups in total. The molecule has 0 unspecified atom stereocenters. The summed E-state index contributed by atoms with van der Waals surface area (Å²) in [4.78, 5) is 10.7. The van der Waals surface area contributed by atoms with Crippen LogP contribution < -0.4 is 4.90 Å². The minimum Gasteiger partial charge on any atom is -0.393 e. The molecule has 0 spiro atoms. The Morgan fingerprint density at radius 2 is 1.85 bits per heavy atom. The summed E-state index contributed by atoms with van der Waals surface area (Å²) >= 11 is 0. The van der Waals surface area contributed by atoms with Crippen LogP contribution in [-0.4, -0.2) is 38.7 Å². The van der Waals surface area contributed by atoms with Gasteiger partial charge in [0.2, 0.25) is 0 Å². The second-order valence-corrected chi connectivity index (χ2v) is 6.50. The normalized spacial score (nSPS) is 16.3. The maximum atomic E-state index is 13.6. The Morgan fingerprint density at radius 1 is 1.11 bits per heavy atom. The van der Waals surface area contributed by atoms with Crippen molar-refractivity contribution in [2.75, 3.05) is 18.0 Å². The smallest absolute Gasteiger partial charge is 0.393 e. The standard InChI is InChI=1S/C18H16F4N4O/c19-14-2-1-11(9-13(14)18(20,21)22)15-10-24-17-16(23-5-8-26(15)17)25-6-3-12(27)4-7-25/h1-2,5,8-10,12,27H,3-4,6-7H2. The van der Waals surface area contributed by atoms with E-state index in [1.165, 1.54) is 12.3 Å². The molecule has 9 heteroatoms. The highest BCUT2D eigenvalue weighted by molar-refractivity contribution is 5.71.